The van der Waals surface area contributed by atoms with Crippen molar-refractivity contribution >= 4 is 17.5 Å². The van der Waals surface area contributed by atoms with Gasteiger partial charge in [-0.15, -0.1) is 0 Å². The molecular weight excluding hydrogens is 296 g/mol. The Labute approximate surface area is 135 Å². The third kappa shape index (κ3) is 4.09. The normalized spacial score (nSPS) is 23.2. The summed E-state index contributed by atoms with van der Waals surface area (Å²) < 4.78 is 11.3. The number of hydrogen-bond donors (Lipinski definition) is 2. The number of benzene rings is 1. The smallest absolute Gasteiger partial charge is 0.313 e. The second-order valence-corrected chi connectivity index (χ2v) is 6.13. The Hall–Kier alpha value is -1.92. The number of ether oxygens (including phenoxy) is 2. The Bertz CT molecular complexity index is 549. The minimum atomic E-state index is -0.635. The average Bonchev–Trinajstić information content (AvgIpc) is 2.56. The van der Waals surface area contributed by atoms with E-state index in [4.69, 9.17) is 9.47 Å². The number of rotatable bonds is 2. The van der Waals surface area contributed by atoms with Gasteiger partial charge in [-0.05, 0) is 37.8 Å². The van der Waals surface area contributed by atoms with Gasteiger partial charge in [0.2, 0.25) is 0 Å². The summed E-state index contributed by atoms with van der Waals surface area (Å²) in [6, 6.07) is 8.93. The zero-order chi connectivity index (χ0) is 16.1. The van der Waals surface area contributed by atoms with Crippen LogP contribution in [-0.2, 0) is 19.1 Å². The van der Waals surface area contributed by atoms with Crippen LogP contribution in [0.2, 0.25) is 0 Å². The Balaban J connectivity index is 1.53. The molecule has 0 aromatic heterocycles. The van der Waals surface area contributed by atoms with Crippen LogP contribution in [0, 0.1) is 0 Å². The summed E-state index contributed by atoms with van der Waals surface area (Å²) in [4.78, 5) is 24.1. The Kier molecular flexibility index (Phi) is 4.93. The molecular formula is C17H22N2O4. The van der Waals surface area contributed by atoms with Crippen molar-refractivity contribution in [2.75, 3.05) is 25.1 Å². The maximum atomic E-state index is 12.1. The van der Waals surface area contributed by atoms with Crippen LogP contribution >= 0.6 is 0 Å². The lowest BCUT2D eigenvalue weighted by molar-refractivity contribution is -0.147. The molecule has 2 aliphatic heterocycles. The largest absolute Gasteiger partial charge is 0.381 e. The van der Waals surface area contributed by atoms with E-state index < -0.39 is 11.8 Å². The SMILES string of the molecule is O=C(Nc1ccccc1)C(=O)N[C@H]1CCOC2(CCOCC2)C1. The summed E-state index contributed by atoms with van der Waals surface area (Å²) in [5.41, 5.74) is 0.408. The Morgan fingerprint density at radius 3 is 2.52 bits per heavy atom. The van der Waals surface area contributed by atoms with Crippen molar-refractivity contribution in [3.8, 4) is 0 Å². The zero-order valence-corrected chi connectivity index (χ0v) is 13.0. The highest BCUT2D eigenvalue weighted by molar-refractivity contribution is 6.39. The number of nitrogens with one attached hydrogen (secondary N) is 2. The highest BCUT2D eigenvalue weighted by Crippen LogP contribution is 2.34. The van der Waals surface area contributed by atoms with E-state index in [1.807, 2.05) is 6.07 Å². The van der Waals surface area contributed by atoms with Crippen molar-refractivity contribution in [3.63, 3.8) is 0 Å². The van der Waals surface area contributed by atoms with Gasteiger partial charge in [-0.25, -0.2) is 0 Å². The van der Waals surface area contributed by atoms with E-state index in [-0.39, 0.29) is 11.6 Å². The highest BCUT2D eigenvalue weighted by Gasteiger charge is 2.39. The van der Waals surface area contributed by atoms with Crippen LogP contribution in [0.4, 0.5) is 5.69 Å². The van der Waals surface area contributed by atoms with Crippen LogP contribution < -0.4 is 10.6 Å². The van der Waals surface area contributed by atoms with Crippen LogP contribution in [0.3, 0.4) is 0 Å². The maximum absolute atomic E-state index is 12.1. The van der Waals surface area contributed by atoms with Gasteiger partial charge in [-0.2, -0.15) is 0 Å². The predicted molar refractivity (Wildman–Crippen MR) is 85.0 cm³/mol. The lowest BCUT2D eigenvalue weighted by atomic mass is 9.84. The summed E-state index contributed by atoms with van der Waals surface area (Å²) in [5, 5.41) is 5.44. The van der Waals surface area contributed by atoms with E-state index in [2.05, 4.69) is 10.6 Å². The molecule has 2 N–H and O–H groups in total. The molecule has 2 heterocycles. The number of carbonyl (C=O) groups excluding carboxylic acids is 2. The molecule has 2 aliphatic rings. The van der Waals surface area contributed by atoms with Gasteiger partial charge >= 0.3 is 11.8 Å². The number of anilines is 1. The van der Waals surface area contributed by atoms with Crippen molar-refractivity contribution in [1.82, 2.24) is 5.32 Å². The fraction of sp³-hybridized carbons (Fsp3) is 0.529. The highest BCUT2D eigenvalue weighted by atomic mass is 16.5. The summed E-state index contributed by atoms with van der Waals surface area (Å²) >= 11 is 0. The van der Waals surface area contributed by atoms with Crippen molar-refractivity contribution < 1.29 is 19.1 Å². The molecule has 0 aliphatic carbocycles. The molecule has 3 rings (SSSR count). The first kappa shape index (κ1) is 16.0. The fourth-order valence-electron chi connectivity index (χ4n) is 3.20. The van der Waals surface area contributed by atoms with Crippen LogP contribution in [-0.4, -0.2) is 43.3 Å². The minimum Gasteiger partial charge on any atom is -0.381 e. The van der Waals surface area contributed by atoms with Crippen LogP contribution in [0.1, 0.15) is 25.7 Å². The molecule has 1 atom stereocenters. The third-order valence-corrected chi connectivity index (χ3v) is 4.47. The van der Waals surface area contributed by atoms with Crippen molar-refractivity contribution in [3.05, 3.63) is 30.3 Å². The molecule has 0 bridgehead atoms. The fourth-order valence-corrected chi connectivity index (χ4v) is 3.20. The van der Waals surface area contributed by atoms with Crippen molar-refractivity contribution in [2.24, 2.45) is 0 Å². The lowest BCUT2D eigenvalue weighted by Crippen LogP contribution is -2.52. The van der Waals surface area contributed by atoms with Gasteiger partial charge in [0, 0.05) is 31.5 Å². The molecule has 0 saturated carbocycles. The molecule has 6 heteroatoms. The summed E-state index contributed by atoms with van der Waals surface area (Å²) in [6.07, 6.45) is 3.15. The van der Waals surface area contributed by atoms with Crippen molar-refractivity contribution in [1.29, 1.82) is 0 Å². The summed E-state index contributed by atoms with van der Waals surface area (Å²) in [5.74, 6) is -1.23. The summed E-state index contributed by atoms with van der Waals surface area (Å²) in [6.45, 7) is 1.98. The molecule has 2 saturated heterocycles. The first-order chi connectivity index (χ1) is 11.2. The molecule has 0 radical (unpaired) electrons. The molecule has 1 spiro atoms. The zero-order valence-electron chi connectivity index (χ0n) is 13.0. The van der Waals surface area contributed by atoms with Gasteiger partial charge in [0.1, 0.15) is 0 Å². The van der Waals surface area contributed by atoms with Gasteiger partial charge in [0.15, 0.2) is 0 Å². The summed E-state index contributed by atoms with van der Waals surface area (Å²) in [7, 11) is 0. The second kappa shape index (κ2) is 7.10. The molecule has 6 nitrogen and oxygen atoms in total. The van der Waals surface area contributed by atoms with Gasteiger partial charge in [0.05, 0.1) is 5.60 Å². The monoisotopic (exact) mass is 318 g/mol. The molecule has 2 amide bonds. The molecule has 1 aromatic carbocycles. The standard InChI is InChI=1S/C17H22N2O4/c20-15(18-13-4-2-1-3-5-13)16(21)19-14-6-9-23-17(12-14)7-10-22-11-8-17/h1-5,14H,6-12H2,(H,18,20)(H,19,21)/t14-/m0/s1. The van der Waals surface area contributed by atoms with E-state index in [1.165, 1.54) is 0 Å². The molecule has 2 fully saturated rings. The molecule has 0 unspecified atom stereocenters. The van der Waals surface area contributed by atoms with E-state index in [9.17, 15) is 9.59 Å². The van der Waals surface area contributed by atoms with Crippen LogP contribution in [0.5, 0.6) is 0 Å². The van der Waals surface area contributed by atoms with E-state index in [0.717, 1.165) is 25.7 Å². The number of para-hydroxylation sites is 1. The number of carbonyl (C=O) groups is 2. The second-order valence-electron chi connectivity index (χ2n) is 6.13. The van der Waals surface area contributed by atoms with E-state index in [0.29, 0.717) is 25.5 Å². The molecule has 1 aromatic rings. The predicted octanol–water partition coefficient (Wildman–Crippen LogP) is 1.47. The average molecular weight is 318 g/mol. The lowest BCUT2D eigenvalue weighted by Gasteiger charge is -2.43. The van der Waals surface area contributed by atoms with Crippen LogP contribution in [0.15, 0.2) is 30.3 Å². The van der Waals surface area contributed by atoms with Crippen LogP contribution in [0.25, 0.3) is 0 Å². The minimum absolute atomic E-state index is 0.0316. The van der Waals surface area contributed by atoms with Gasteiger partial charge in [0.25, 0.3) is 0 Å². The maximum Gasteiger partial charge on any atom is 0.313 e. The first-order valence-corrected chi connectivity index (χ1v) is 8.05. The number of hydrogen-bond acceptors (Lipinski definition) is 4. The Morgan fingerprint density at radius 2 is 1.78 bits per heavy atom. The third-order valence-electron chi connectivity index (χ3n) is 4.47. The van der Waals surface area contributed by atoms with E-state index >= 15 is 0 Å². The molecule has 23 heavy (non-hydrogen) atoms. The quantitative estimate of drug-likeness (QED) is 0.810. The molecule has 124 valence electrons. The van der Waals surface area contributed by atoms with E-state index in [1.54, 1.807) is 24.3 Å². The van der Waals surface area contributed by atoms with Crippen molar-refractivity contribution in [2.45, 2.75) is 37.3 Å². The number of amides is 2. The van der Waals surface area contributed by atoms with Gasteiger partial charge < -0.3 is 20.1 Å². The Morgan fingerprint density at radius 1 is 1.04 bits per heavy atom. The van der Waals surface area contributed by atoms with Gasteiger partial charge in [-0.1, -0.05) is 18.2 Å². The topological polar surface area (TPSA) is 76.7 Å². The van der Waals surface area contributed by atoms with Gasteiger partial charge in [-0.3, -0.25) is 9.59 Å². The first-order valence-electron chi connectivity index (χ1n) is 8.05.